The van der Waals surface area contributed by atoms with Crippen LogP contribution in [0.5, 0.6) is 17.2 Å². The van der Waals surface area contributed by atoms with E-state index in [1.165, 1.54) is 0 Å². The van der Waals surface area contributed by atoms with Crippen LogP contribution >= 0.6 is 0 Å². The number of ether oxygens (including phenoxy) is 3. The number of aliphatic hydroxyl groups is 1. The van der Waals surface area contributed by atoms with Gasteiger partial charge in [0.2, 0.25) is 5.88 Å². The highest BCUT2D eigenvalue weighted by atomic mass is 16.6. The highest BCUT2D eigenvalue weighted by Crippen LogP contribution is 2.33. The van der Waals surface area contributed by atoms with Gasteiger partial charge in [0.1, 0.15) is 18.5 Å². The molecule has 0 fully saturated rings. The van der Waals surface area contributed by atoms with Crippen LogP contribution in [0.4, 0.5) is 0 Å². The second-order valence-electron chi connectivity index (χ2n) is 7.32. The summed E-state index contributed by atoms with van der Waals surface area (Å²) in [6, 6.07) is 21.5. The summed E-state index contributed by atoms with van der Waals surface area (Å²) in [7, 11) is 1.84. The molecule has 0 spiro atoms. The molecular formula is C24H22N2O4. The number of aromatic nitrogens is 1. The lowest BCUT2D eigenvalue weighted by Gasteiger charge is -2.27. The van der Waals surface area contributed by atoms with Crippen molar-refractivity contribution >= 4 is 21.8 Å². The Morgan fingerprint density at radius 3 is 2.63 bits per heavy atom. The molecule has 0 saturated carbocycles. The van der Waals surface area contributed by atoms with E-state index in [9.17, 15) is 5.11 Å². The van der Waals surface area contributed by atoms with Crippen molar-refractivity contribution in [3.8, 4) is 17.2 Å². The summed E-state index contributed by atoms with van der Waals surface area (Å²) in [4.78, 5) is 5.21. The van der Waals surface area contributed by atoms with Crippen molar-refractivity contribution in [2.75, 3.05) is 20.2 Å². The van der Waals surface area contributed by atoms with Crippen molar-refractivity contribution in [1.82, 2.24) is 9.88 Å². The number of aromatic amines is 1. The first-order valence-electron chi connectivity index (χ1n) is 9.84. The molecule has 1 unspecified atom stereocenters. The minimum absolute atomic E-state index is 0.156. The summed E-state index contributed by atoms with van der Waals surface area (Å²) in [5.74, 6) is 2.57. The number of H-pyrrole nitrogens is 1. The van der Waals surface area contributed by atoms with E-state index in [-0.39, 0.29) is 6.61 Å². The average Bonchev–Trinajstić information content (AvgIpc) is 3.16. The highest BCUT2D eigenvalue weighted by molar-refractivity contribution is 6.09. The lowest BCUT2D eigenvalue weighted by Crippen LogP contribution is -2.35. The van der Waals surface area contributed by atoms with Crippen molar-refractivity contribution in [2.24, 2.45) is 0 Å². The van der Waals surface area contributed by atoms with Crippen molar-refractivity contribution in [1.29, 1.82) is 0 Å². The Labute approximate surface area is 173 Å². The molecular weight excluding hydrogens is 380 g/mol. The molecule has 4 aromatic rings. The SMILES string of the molecule is CN(CC(O)COc1cccc2c1[nH]c1ccccc12)C1=COc2ccccc2O1. The van der Waals surface area contributed by atoms with Crippen LogP contribution in [-0.2, 0) is 0 Å². The van der Waals surface area contributed by atoms with E-state index in [0.29, 0.717) is 23.9 Å². The third kappa shape index (κ3) is 3.42. The maximum Gasteiger partial charge on any atom is 0.231 e. The number of nitrogens with one attached hydrogen (secondary N) is 1. The van der Waals surface area contributed by atoms with Gasteiger partial charge in [0.15, 0.2) is 17.8 Å². The van der Waals surface area contributed by atoms with E-state index in [4.69, 9.17) is 14.2 Å². The normalized spacial score (nSPS) is 13.9. The van der Waals surface area contributed by atoms with Crippen LogP contribution in [0.3, 0.4) is 0 Å². The van der Waals surface area contributed by atoms with Gasteiger partial charge in [0, 0.05) is 29.9 Å². The molecule has 5 rings (SSSR count). The Morgan fingerprint density at radius 1 is 0.967 bits per heavy atom. The van der Waals surface area contributed by atoms with Crippen LogP contribution in [0.2, 0.25) is 0 Å². The third-order valence-corrected chi connectivity index (χ3v) is 5.15. The maximum atomic E-state index is 10.5. The molecule has 0 saturated heterocycles. The van der Waals surface area contributed by atoms with Gasteiger partial charge >= 0.3 is 0 Å². The van der Waals surface area contributed by atoms with Crippen LogP contribution in [0, 0.1) is 0 Å². The smallest absolute Gasteiger partial charge is 0.231 e. The number of para-hydroxylation sites is 4. The Morgan fingerprint density at radius 2 is 1.73 bits per heavy atom. The first kappa shape index (κ1) is 18.4. The molecule has 2 N–H and O–H groups in total. The first-order valence-corrected chi connectivity index (χ1v) is 9.84. The Bertz CT molecular complexity index is 1230. The molecule has 1 aliphatic rings. The molecule has 1 aliphatic heterocycles. The lowest BCUT2D eigenvalue weighted by molar-refractivity contribution is 0.0705. The molecule has 2 heterocycles. The molecule has 0 amide bonds. The Hall–Kier alpha value is -3.64. The van der Waals surface area contributed by atoms with Crippen LogP contribution in [0.15, 0.2) is 78.9 Å². The van der Waals surface area contributed by atoms with Crippen LogP contribution < -0.4 is 14.2 Å². The molecule has 0 radical (unpaired) electrons. The summed E-state index contributed by atoms with van der Waals surface area (Å²) < 4.78 is 17.4. The number of rotatable bonds is 6. The summed E-state index contributed by atoms with van der Waals surface area (Å²) in [5, 5.41) is 12.8. The Balaban J connectivity index is 1.24. The molecule has 1 aromatic heterocycles. The standard InChI is InChI=1S/C24H22N2O4/c1-26(23-15-29-20-10-4-5-11-21(20)30-23)13-16(27)14-28-22-12-6-8-18-17-7-2-3-9-19(17)25-24(18)22/h2-12,15-16,25,27H,13-14H2,1H3. The minimum Gasteiger partial charge on any atom is -0.489 e. The molecule has 3 aromatic carbocycles. The van der Waals surface area contributed by atoms with Gasteiger partial charge in [-0.2, -0.15) is 0 Å². The topological polar surface area (TPSA) is 67.0 Å². The van der Waals surface area contributed by atoms with E-state index in [0.717, 1.165) is 27.6 Å². The van der Waals surface area contributed by atoms with Gasteiger partial charge in [-0.3, -0.25) is 0 Å². The summed E-state index contributed by atoms with van der Waals surface area (Å²) >= 11 is 0. The largest absolute Gasteiger partial charge is 0.489 e. The zero-order valence-electron chi connectivity index (χ0n) is 16.5. The van der Waals surface area contributed by atoms with Crippen LogP contribution in [0.1, 0.15) is 0 Å². The average molecular weight is 402 g/mol. The molecule has 30 heavy (non-hydrogen) atoms. The monoisotopic (exact) mass is 402 g/mol. The quantitative estimate of drug-likeness (QED) is 0.504. The number of benzene rings is 3. The third-order valence-electron chi connectivity index (χ3n) is 5.15. The first-order chi connectivity index (χ1) is 14.7. The van der Waals surface area contributed by atoms with Gasteiger partial charge < -0.3 is 29.2 Å². The van der Waals surface area contributed by atoms with Gasteiger partial charge in [-0.15, -0.1) is 0 Å². The molecule has 152 valence electrons. The van der Waals surface area contributed by atoms with E-state index in [1.54, 1.807) is 11.2 Å². The number of likely N-dealkylation sites (N-methyl/N-ethyl adjacent to an activating group) is 1. The van der Waals surface area contributed by atoms with Crippen LogP contribution in [0.25, 0.3) is 21.8 Å². The number of nitrogens with zero attached hydrogens (tertiary/aromatic N) is 1. The second kappa shape index (κ2) is 7.65. The maximum absolute atomic E-state index is 10.5. The van der Waals surface area contributed by atoms with Crippen molar-refractivity contribution < 1.29 is 19.3 Å². The molecule has 1 atom stereocenters. The number of aliphatic hydroxyl groups excluding tert-OH is 1. The molecule has 6 heteroatoms. The number of fused-ring (bicyclic) bond motifs is 4. The van der Waals surface area contributed by atoms with E-state index in [1.807, 2.05) is 61.6 Å². The fraction of sp³-hybridized carbons (Fsp3) is 0.167. The number of hydrogen-bond acceptors (Lipinski definition) is 5. The molecule has 6 nitrogen and oxygen atoms in total. The Kier molecular flexibility index (Phi) is 4.69. The highest BCUT2D eigenvalue weighted by Gasteiger charge is 2.19. The predicted octanol–water partition coefficient (Wildman–Crippen LogP) is 4.26. The lowest BCUT2D eigenvalue weighted by atomic mass is 10.1. The summed E-state index contributed by atoms with van der Waals surface area (Å²) in [6.07, 6.45) is 0.831. The summed E-state index contributed by atoms with van der Waals surface area (Å²) in [6.45, 7) is 0.490. The predicted molar refractivity (Wildman–Crippen MR) is 116 cm³/mol. The minimum atomic E-state index is -0.712. The zero-order chi connectivity index (χ0) is 20.5. The molecule has 0 bridgehead atoms. The summed E-state index contributed by atoms with van der Waals surface area (Å²) in [5.41, 5.74) is 1.99. The van der Waals surface area contributed by atoms with Gasteiger partial charge in [-0.05, 0) is 24.3 Å². The van der Waals surface area contributed by atoms with Gasteiger partial charge in [-0.25, -0.2) is 0 Å². The van der Waals surface area contributed by atoms with E-state index in [2.05, 4.69) is 17.1 Å². The second-order valence-corrected chi connectivity index (χ2v) is 7.32. The van der Waals surface area contributed by atoms with Crippen molar-refractivity contribution in [3.05, 3.63) is 78.9 Å². The fourth-order valence-electron chi connectivity index (χ4n) is 3.66. The van der Waals surface area contributed by atoms with Crippen LogP contribution in [-0.4, -0.2) is 41.3 Å². The number of hydrogen-bond donors (Lipinski definition) is 2. The van der Waals surface area contributed by atoms with E-state index < -0.39 is 6.10 Å². The fourth-order valence-corrected chi connectivity index (χ4v) is 3.66. The van der Waals surface area contributed by atoms with Crippen molar-refractivity contribution in [3.63, 3.8) is 0 Å². The molecule has 0 aliphatic carbocycles. The zero-order valence-corrected chi connectivity index (χ0v) is 16.5. The van der Waals surface area contributed by atoms with Gasteiger partial charge in [0.05, 0.1) is 5.52 Å². The van der Waals surface area contributed by atoms with Gasteiger partial charge in [0.25, 0.3) is 0 Å². The van der Waals surface area contributed by atoms with Crippen molar-refractivity contribution in [2.45, 2.75) is 6.10 Å². The van der Waals surface area contributed by atoms with E-state index >= 15 is 0 Å². The van der Waals surface area contributed by atoms with Gasteiger partial charge in [-0.1, -0.05) is 42.5 Å².